The van der Waals surface area contributed by atoms with Gasteiger partial charge in [-0.15, -0.1) is 0 Å². The predicted molar refractivity (Wildman–Crippen MR) is 119 cm³/mol. The van der Waals surface area contributed by atoms with Crippen LogP contribution in [0.3, 0.4) is 0 Å². The molecule has 0 aliphatic carbocycles. The summed E-state index contributed by atoms with van der Waals surface area (Å²) in [6.45, 7) is 9.40. The third-order valence-electron chi connectivity index (χ3n) is 5.48. The molecular formula is C22H25FN4OS. The van der Waals surface area contributed by atoms with E-state index in [1.54, 1.807) is 6.07 Å². The van der Waals surface area contributed by atoms with Crippen molar-refractivity contribution in [1.82, 2.24) is 4.98 Å². The maximum absolute atomic E-state index is 13.9. The Morgan fingerprint density at radius 3 is 2.69 bits per heavy atom. The number of para-hydroxylation sites is 1. The zero-order valence-electron chi connectivity index (χ0n) is 16.9. The number of nitrogens with one attached hydrogen (secondary N) is 1. The average Bonchev–Trinajstić information content (AvgIpc) is 3.09. The number of thiazole rings is 1. The second kappa shape index (κ2) is 7.99. The highest BCUT2D eigenvalue weighted by atomic mass is 32.1. The molecule has 3 aromatic rings. The summed E-state index contributed by atoms with van der Waals surface area (Å²) < 4.78 is 14.7. The van der Waals surface area contributed by atoms with Gasteiger partial charge in [0.05, 0.1) is 10.6 Å². The Morgan fingerprint density at radius 2 is 2.03 bits per heavy atom. The van der Waals surface area contributed by atoms with E-state index in [1.807, 2.05) is 24.0 Å². The molecule has 152 valence electrons. The topological polar surface area (TPSA) is 48.5 Å². The first kappa shape index (κ1) is 19.6. The average molecular weight is 413 g/mol. The van der Waals surface area contributed by atoms with Gasteiger partial charge in [-0.2, -0.15) is 0 Å². The molecule has 0 radical (unpaired) electrons. The first-order chi connectivity index (χ1) is 14.0. The van der Waals surface area contributed by atoms with Crippen molar-refractivity contribution in [3.63, 3.8) is 0 Å². The van der Waals surface area contributed by atoms with E-state index in [9.17, 15) is 9.18 Å². The van der Waals surface area contributed by atoms with Crippen LogP contribution in [-0.4, -0.2) is 37.1 Å². The van der Waals surface area contributed by atoms with Crippen LogP contribution in [0.4, 0.5) is 20.9 Å². The number of aromatic nitrogens is 1. The SMILES string of the molecule is CCN(CC)c1ccc(NC(=O)C2CN(c3nc4c(F)cccc4s3)C2)c(C)c1. The van der Waals surface area contributed by atoms with E-state index in [4.69, 9.17) is 0 Å². The number of rotatable bonds is 6. The van der Waals surface area contributed by atoms with Crippen molar-refractivity contribution in [3.05, 3.63) is 47.8 Å². The summed E-state index contributed by atoms with van der Waals surface area (Å²) in [6.07, 6.45) is 0. The number of benzene rings is 2. The highest BCUT2D eigenvalue weighted by Crippen LogP contribution is 2.34. The van der Waals surface area contributed by atoms with Gasteiger partial charge in [0.25, 0.3) is 0 Å². The fraction of sp³-hybridized carbons (Fsp3) is 0.364. The van der Waals surface area contributed by atoms with Gasteiger partial charge in [0.1, 0.15) is 11.3 Å². The number of carbonyl (C=O) groups excluding carboxylic acids is 1. The lowest BCUT2D eigenvalue weighted by atomic mass is 9.99. The van der Waals surface area contributed by atoms with E-state index >= 15 is 0 Å². The molecule has 2 heterocycles. The molecule has 1 amide bonds. The Labute approximate surface area is 174 Å². The number of fused-ring (bicyclic) bond motifs is 1. The number of aryl methyl sites for hydroxylation is 1. The highest BCUT2D eigenvalue weighted by Gasteiger charge is 2.34. The number of anilines is 3. The van der Waals surface area contributed by atoms with Crippen molar-refractivity contribution < 1.29 is 9.18 Å². The van der Waals surface area contributed by atoms with Crippen molar-refractivity contribution in [2.75, 3.05) is 41.3 Å². The Balaban J connectivity index is 1.38. The summed E-state index contributed by atoms with van der Waals surface area (Å²) in [6, 6.07) is 11.1. The summed E-state index contributed by atoms with van der Waals surface area (Å²) >= 11 is 1.46. The van der Waals surface area contributed by atoms with Crippen molar-refractivity contribution in [2.45, 2.75) is 20.8 Å². The quantitative estimate of drug-likeness (QED) is 0.639. The zero-order chi connectivity index (χ0) is 20.5. The number of hydrogen-bond acceptors (Lipinski definition) is 5. The Bertz CT molecular complexity index is 1040. The fourth-order valence-corrected chi connectivity index (χ4v) is 4.65. The van der Waals surface area contributed by atoms with Gasteiger partial charge in [0.15, 0.2) is 5.13 Å². The predicted octanol–water partition coefficient (Wildman–Crippen LogP) is 4.66. The molecule has 2 aromatic carbocycles. The summed E-state index contributed by atoms with van der Waals surface area (Å²) in [5.74, 6) is -0.371. The van der Waals surface area contributed by atoms with Crippen LogP contribution in [0, 0.1) is 18.7 Å². The van der Waals surface area contributed by atoms with Gasteiger partial charge < -0.3 is 15.1 Å². The van der Waals surface area contributed by atoms with Crippen molar-refractivity contribution in [2.24, 2.45) is 5.92 Å². The summed E-state index contributed by atoms with van der Waals surface area (Å²) in [5, 5.41) is 3.83. The molecule has 1 aliphatic heterocycles. The third-order valence-corrected chi connectivity index (χ3v) is 6.56. The molecule has 0 unspecified atom stereocenters. The first-order valence-electron chi connectivity index (χ1n) is 9.96. The first-order valence-corrected chi connectivity index (χ1v) is 10.8. The molecule has 0 saturated carbocycles. The van der Waals surface area contributed by atoms with Crippen LogP contribution in [0.25, 0.3) is 10.2 Å². The Morgan fingerprint density at radius 1 is 1.28 bits per heavy atom. The van der Waals surface area contributed by atoms with E-state index in [0.29, 0.717) is 18.6 Å². The largest absolute Gasteiger partial charge is 0.372 e. The van der Waals surface area contributed by atoms with Crippen molar-refractivity contribution in [1.29, 1.82) is 0 Å². The second-order valence-corrected chi connectivity index (χ2v) is 8.35. The lowest BCUT2D eigenvalue weighted by molar-refractivity contribution is -0.120. The van der Waals surface area contributed by atoms with Crippen LogP contribution >= 0.6 is 11.3 Å². The zero-order valence-corrected chi connectivity index (χ0v) is 17.7. The lowest BCUT2D eigenvalue weighted by Gasteiger charge is -2.38. The van der Waals surface area contributed by atoms with Gasteiger partial charge in [-0.25, -0.2) is 9.37 Å². The van der Waals surface area contributed by atoms with Crippen LogP contribution in [-0.2, 0) is 4.79 Å². The minimum atomic E-state index is -0.302. The van der Waals surface area contributed by atoms with E-state index in [1.165, 1.54) is 23.1 Å². The normalized spacial score (nSPS) is 14.1. The summed E-state index contributed by atoms with van der Waals surface area (Å²) in [4.78, 5) is 21.4. The Kier molecular flexibility index (Phi) is 5.41. The minimum Gasteiger partial charge on any atom is -0.372 e. The van der Waals surface area contributed by atoms with Crippen LogP contribution < -0.4 is 15.1 Å². The number of carbonyl (C=O) groups is 1. The molecule has 1 N–H and O–H groups in total. The molecule has 7 heteroatoms. The fourth-order valence-electron chi connectivity index (χ4n) is 3.65. The highest BCUT2D eigenvalue weighted by molar-refractivity contribution is 7.22. The number of hydrogen-bond donors (Lipinski definition) is 1. The molecule has 5 nitrogen and oxygen atoms in total. The minimum absolute atomic E-state index is 0.0206. The monoisotopic (exact) mass is 412 g/mol. The molecule has 1 aromatic heterocycles. The summed E-state index contributed by atoms with van der Waals surface area (Å²) in [7, 11) is 0. The lowest BCUT2D eigenvalue weighted by Crippen LogP contribution is -2.52. The maximum atomic E-state index is 13.9. The van der Waals surface area contributed by atoms with Crippen LogP contribution in [0.1, 0.15) is 19.4 Å². The van der Waals surface area contributed by atoms with Crippen LogP contribution in [0.2, 0.25) is 0 Å². The van der Waals surface area contributed by atoms with Gasteiger partial charge in [0, 0.05) is 37.6 Å². The van der Waals surface area contributed by atoms with Gasteiger partial charge in [-0.3, -0.25) is 4.79 Å². The molecule has 1 saturated heterocycles. The van der Waals surface area contributed by atoms with Crippen molar-refractivity contribution >= 4 is 44.0 Å². The maximum Gasteiger partial charge on any atom is 0.231 e. The molecule has 29 heavy (non-hydrogen) atoms. The molecule has 0 bridgehead atoms. The van der Waals surface area contributed by atoms with Gasteiger partial charge in [-0.05, 0) is 56.7 Å². The molecular weight excluding hydrogens is 387 g/mol. The van der Waals surface area contributed by atoms with E-state index < -0.39 is 0 Å². The van der Waals surface area contributed by atoms with E-state index in [0.717, 1.165) is 34.2 Å². The smallest absolute Gasteiger partial charge is 0.231 e. The Hall–Kier alpha value is -2.67. The van der Waals surface area contributed by atoms with Crippen LogP contribution in [0.5, 0.6) is 0 Å². The second-order valence-electron chi connectivity index (χ2n) is 7.35. The standard InChI is InChI=1S/C22H25FN4OS/c1-4-26(5-2)16-9-10-18(14(3)11-16)24-21(28)15-12-27(13-15)22-25-20-17(23)7-6-8-19(20)29-22/h6-11,15H,4-5,12-13H2,1-3H3,(H,24,28). The van der Waals surface area contributed by atoms with Gasteiger partial charge in [-0.1, -0.05) is 17.4 Å². The van der Waals surface area contributed by atoms with Gasteiger partial charge in [0.2, 0.25) is 5.91 Å². The van der Waals surface area contributed by atoms with Gasteiger partial charge >= 0.3 is 0 Å². The molecule has 0 atom stereocenters. The third kappa shape index (κ3) is 3.79. The summed E-state index contributed by atoms with van der Waals surface area (Å²) in [5.41, 5.74) is 3.49. The molecule has 1 aliphatic rings. The van der Waals surface area contributed by atoms with E-state index in [-0.39, 0.29) is 17.6 Å². The number of nitrogens with zero attached hydrogens (tertiary/aromatic N) is 3. The van der Waals surface area contributed by atoms with Crippen molar-refractivity contribution in [3.8, 4) is 0 Å². The van der Waals surface area contributed by atoms with E-state index in [2.05, 4.69) is 41.2 Å². The molecule has 1 fully saturated rings. The molecule has 4 rings (SSSR count). The van der Waals surface area contributed by atoms with Crippen LogP contribution in [0.15, 0.2) is 36.4 Å². The number of amides is 1. The number of halogens is 1. The molecule has 0 spiro atoms.